The maximum atomic E-state index is 11.6. The average Bonchev–Trinajstić information content (AvgIpc) is 2.84. The first-order chi connectivity index (χ1) is 7.27. The average molecular weight is 274 g/mol. The van der Waals surface area contributed by atoms with E-state index in [-0.39, 0.29) is 5.91 Å². The normalized spacial score (nSPS) is 20.5. The molecule has 1 N–H and O–H groups in total. The fourth-order valence-corrected chi connectivity index (χ4v) is 1.95. The smallest absolute Gasteiger partial charge is 0.255 e. The summed E-state index contributed by atoms with van der Waals surface area (Å²) in [5.41, 5.74) is 0.536. The van der Waals surface area contributed by atoms with E-state index in [1.165, 1.54) is 6.26 Å². The van der Waals surface area contributed by atoms with Crippen LogP contribution < -0.4 is 5.32 Å². The van der Waals surface area contributed by atoms with Crippen LogP contribution in [0, 0.1) is 5.92 Å². The summed E-state index contributed by atoms with van der Waals surface area (Å²) >= 11 is 3.17. The maximum Gasteiger partial charge on any atom is 0.255 e. The number of hydrogen-bond donors (Lipinski definition) is 1. The Morgan fingerprint density at radius 3 is 3.13 bits per heavy atom. The molecule has 15 heavy (non-hydrogen) atoms. The highest BCUT2D eigenvalue weighted by Gasteiger charge is 2.18. The Morgan fingerprint density at radius 2 is 2.53 bits per heavy atom. The van der Waals surface area contributed by atoms with Crippen LogP contribution in [-0.2, 0) is 4.74 Å². The van der Waals surface area contributed by atoms with Gasteiger partial charge in [-0.25, -0.2) is 0 Å². The SMILES string of the molecule is O=C(NCC1CCOC1)c1ccoc1Br. The predicted octanol–water partition coefficient (Wildman–Crippen LogP) is 1.81. The molecule has 0 aliphatic carbocycles. The first-order valence-corrected chi connectivity index (χ1v) is 5.65. The molecule has 1 amide bonds. The van der Waals surface area contributed by atoms with Crippen molar-refractivity contribution in [3.05, 3.63) is 22.6 Å². The van der Waals surface area contributed by atoms with Crippen molar-refractivity contribution < 1.29 is 13.9 Å². The van der Waals surface area contributed by atoms with Gasteiger partial charge in [-0.2, -0.15) is 0 Å². The summed E-state index contributed by atoms with van der Waals surface area (Å²) in [5, 5.41) is 2.86. The van der Waals surface area contributed by atoms with E-state index in [1.807, 2.05) is 0 Å². The maximum absolute atomic E-state index is 11.6. The van der Waals surface area contributed by atoms with Gasteiger partial charge < -0.3 is 14.5 Å². The van der Waals surface area contributed by atoms with Crippen molar-refractivity contribution in [3.63, 3.8) is 0 Å². The number of carbonyl (C=O) groups is 1. The van der Waals surface area contributed by atoms with Crippen molar-refractivity contribution in [1.29, 1.82) is 0 Å². The van der Waals surface area contributed by atoms with Gasteiger partial charge in [0.05, 0.1) is 18.4 Å². The van der Waals surface area contributed by atoms with Gasteiger partial charge in [-0.1, -0.05) is 0 Å². The van der Waals surface area contributed by atoms with Crippen LogP contribution in [-0.4, -0.2) is 25.7 Å². The van der Waals surface area contributed by atoms with Gasteiger partial charge in [0.15, 0.2) is 4.67 Å². The summed E-state index contributed by atoms with van der Waals surface area (Å²) < 4.78 is 10.7. The third kappa shape index (κ3) is 2.60. The van der Waals surface area contributed by atoms with Crippen LogP contribution in [0.3, 0.4) is 0 Å². The fourth-order valence-electron chi connectivity index (χ4n) is 1.53. The first-order valence-electron chi connectivity index (χ1n) is 4.86. The Balaban J connectivity index is 1.84. The lowest BCUT2D eigenvalue weighted by molar-refractivity contribution is 0.0943. The molecule has 0 aromatic carbocycles. The minimum atomic E-state index is -0.109. The Kier molecular flexibility index (Phi) is 3.43. The number of ether oxygens (including phenoxy) is 1. The van der Waals surface area contributed by atoms with E-state index in [9.17, 15) is 4.79 Å². The van der Waals surface area contributed by atoms with Gasteiger partial charge >= 0.3 is 0 Å². The Labute approximate surface area is 96.1 Å². The first kappa shape index (κ1) is 10.7. The molecule has 1 aromatic heterocycles. The lowest BCUT2D eigenvalue weighted by atomic mass is 10.1. The van der Waals surface area contributed by atoms with E-state index in [0.717, 1.165) is 19.6 Å². The summed E-state index contributed by atoms with van der Waals surface area (Å²) in [6.45, 7) is 2.21. The van der Waals surface area contributed by atoms with E-state index < -0.39 is 0 Å². The molecule has 82 valence electrons. The quantitative estimate of drug-likeness (QED) is 0.914. The Hall–Kier alpha value is -0.810. The van der Waals surface area contributed by atoms with E-state index in [0.29, 0.717) is 22.7 Å². The number of rotatable bonds is 3. The van der Waals surface area contributed by atoms with E-state index in [2.05, 4.69) is 21.2 Å². The molecule has 0 spiro atoms. The molecule has 5 heteroatoms. The van der Waals surface area contributed by atoms with Gasteiger partial charge in [-0.3, -0.25) is 4.79 Å². The zero-order chi connectivity index (χ0) is 10.7. The van der Waals surface area contributed by atoms with Crippen LogP contribution >= 0.6 is 15.9 Å². The molecule has 1 atom stereocenters. The van der Waals surface area contributed by atoms with Crippen LogP contribution in [0.2, 0.25) is 0 Å². The van der Waals surface area contributed by atoms with Gasteiger partial charge in [0.25, 0.3) is 5.91 Å². The lowest BCUT2D eigenvalue weighted by Crippen LogP contribution is -2.29. The fraction of sp³-hybridized carbons (Fsp3) is 0.500. The van der Waals surface area contributed by atoms with Crippen molar-refractivity contribution in [3.8, 4) is 0 Å². The third-order valence-corrected chi connectivity index (χ3v) is 3.05. The van der Waals surface area contributed by atoms with Gasteiger partial charge in [0.1, 0.15) is 0 Å². The topological polar surface area (TPSA) is 51.5 Å². The zero-order valence-electron chi connectivity index (χ0n) is 8.16. The van der Waals surface area contributed by atoms with Crippen molar-refractivity contribution >= 4 is 21.8 Å². The van der Waals surface area contributed by atoms with E-state index in [1.54, 1.807) is 6.07 Å². The Bertz CT molecular complexity index is 344. The van der Waals surface area contributed by atoms with Crippen molar-refractivity contribution in [2.45, 2.75) is 6.42 Å². The van der Waals surface area contributed by atoms with Crippen molar-refractivity contribution in [1.82, 2.24) is 5.32 Å². The van der Waals surface area contributed by atoms with Crippen molar-refractivity contribution in [2.75, 3.05) is 19.8 Å². The predicted molar refractivity (Wildman–Crippen MR) is 57.7 cm³/mol. The summed E-state index contributed by atoms with van der Waals surface area (Å²) in [4.78, 5) is 11.6. The largest absolute Gasteiger partial charge is 0.457 e. The molecule has 2 heterocycles. The van der Waals surface area contributed by atoms with Crippen LogP contribution in [0.15, 0.2) is 21.4 Å². The second-order valence-electron chi connectivity index (χ2n) is 3.55. The van der Waals surface area contributed by atoms with Crippen LogP contribution in [0.4, 0.5) is 0 Å². The number of carbonyl (C=O) groups excluding carboxylic acids is 1. The molecule has 0 bridgehead atoms. The third-order valence-electron chi connectivity index (χ3n) is 2.44. The molecular formula is C10H12BrNO3. The highest BCUT2D eigenvalue weighted by Crippen LogP contribution is 2.17. The summed E-state index contributed by atoms with van der Waals surface area (Å²) in [6, 6.07) is 1.64. The molecule has 1 unspecified atom stereocenters. The molecule has 1 aliphatic heterocycles. The molecule has 1 fully saturated rings. The van der Waals surface area contributed by atoms with Gasteiger partial charge in [0.2, 0.25) is 0 Å². The zero-order valence-corrected chi connectivity index (χ0v) is 9.75. The second-order valence-corrected chi connectivity index (χ2v) is 4.27. The standard InChI is InChI=1S/C10H12BrNO3/c11-9-8(2-4-15-9)10(13)12-5-7-1-3-14-6-7/h2,4,7H,1,3,5-6H2,(H,12,13). The number of furan rings is 1. The molecule has 0 saturated carbocycles. The summed E-state index contributed by atoms with van der Waals surface area (Å²) in [6.07, 6.45) is 2.50. The molecule has 1 aliphatic rings. The highest BCUT2D eigenvalue weighted by molar-refractivity contribution is 9.10. The monoisotopic (exact) mass is 273 g/mol. The molecular weight excluding hydrogens is 262 g/mol. The number of hydrogen-bond acceptors (Lipinski definition) is 3. The number of nitrogens with one attached hydrogen (secondary N) is 1. The highest BCUT2D eigenvalue weighted by atomic mass is 79.9. The number of halogens is 1. The van der Waals surface area contributed by atoms with Crippen LogP contribution in [0.5, 0.6) is 0 Å². The Morgan fingerprint density at radius 1 is 1.67 bits per heavy atom. The summed E-state index contributed by atoms with van der Waals surface area (Å²) in [7, 11) is 0. The van der Waals surface area contributed by atoms with E-state index >= 15 is 0 Å². The molecule has 4 nitrogen and oxygen atoms in total. The lowest BCUT2D eigenvalue weighted by Gasteiger charge is -2.08. The van der Waals surface area contributed by atoms with E-state index in [4.69, 9.17) is 9.15 Å². The minimum absolute atomic E-state index is 0.109. The van der Waals surface area contributed by atoms with Gasteiger partial charge in [-0.05, 0) is 28.4 Å². The van der Waals surface area contributed by atoms with Crippen LogP contribution in [0.25, 0.3) is 0 Å². The van der Waals surface area contributed by atoms with Crippen LogP contribution in [0.1, 0.15) is 16.8 Å². The number of amides is 1. The van der Waals surface area contributed by atoms with Gasteiger partial charge in [0, 0.05) is 19.1 Å². The molecule has 1 aromatic rings. The van der Waals surface area contributed by atoms with Crippen molar-refractivity contribution in [2.24, 2.45) is 5.92 Å². The second kappa shape index (κ2) is 4.81. The molecule has 1 saturated heterocycles. The van der Waals surface area contributed by atoms with Gasteiger partial charge in [-0.15, -0.1) is 0 Å². The molecule has 2 rings (SSSR count). The molecule has 0 radical (unpaired) electrons. The summed E-state index contributed by atoms with van der Waals surface area (Å²) in [5.74, 6) is 0.335. The minimum Gasteiger partial charge on any atom is -0.457 e.